The molecule has 0 aliphatic rings. The number of hydroxylamine groups is 1. The zero-order valence-corrected chi connectivity index (χ0v) is 7.51. The minimum atomic E-state index is -0.211. The summed E-state index contributed by atoms with van der Waals surface area (Å²) in [5.74, 6) is -0.394. The Labute approximate surface area is 71.5 Å². The number of carbonyl (C=O) groups excluding carboxylic acids is 1. The Kier molecular flexibility index (Phi) is 10.8. The Morgan fingerprint density at radius 3 is 2.17 bits per heavy atom. The summed E-state index contributed by atoms with van der Waals surface area (Å²) < 4.78 is 4.40. The molecule has 0 heterocycles. The monoisotopic (exact) mass is 177 g/mol. The van der Waals surface area contributed by atoms with Crippen LogP contribution in [0.4, 0.5) is 0 Å². The van der Waals surface area contributed by atoms with Crippen LogP contribution in [0.2, 0.25) is 0 Å². The molecule has 0 unspecified atom stereocenters. The van der Waals surface area contributed by atoms with Gasteiger partial charge in [-0.3, -0.25) is 15.0 Å². The maximum Gasteiger partial charge on any atom is 0.302 e. The first-order chi connectivity index (χ1) is 5.54. The zero-order valence-electron chi connectivity index (χ0n) is 7.51. The van der Waals surface area contributed by atoms with E-state index in [0.717, 1.165) is 0 Å². The molecule has 6 heteroatoms. The van der Waals surface area contributed by atoms with Crippen molar-refractivity contribution in [2.24, 2.45) is 5.73 Å². The lowest BCUT2D eigenvalue weighted by atomic mass is 10.8. The highest BCUT2D eigenvalue weighted by atomic mass is 16.6. The third kappa shape index (κ3) is 23.4. The summed E-state index contributed by atoms with van der Waals surface area (Å²) >= 11 is 0. The third-order valence-corrected chi connectivity index (χ3v) is 0.560. The predicted molar refractivity (Wildman–Crippen MR) is 44.4 cm³/mol. The van der Waals surface area contributed by atoms with Crippen molar-refractivity contribution in [3.8, 4) is 0 Å². The second-order valence-corrected chi connectivity index (χ2v) is 1.64. The van der Waals surface area contributed by atoms with Crippen LogP contribution in [0.3, 0.4) is 0 Å². The lowest BCUT2D eigenvalue weighted by Crippen LogP contribution is -2.28. The van der Waals surface area contributed by atoms with Gasteiger partial charge in [-0.1, -0.05) is 0 Å². The van der Waals surface area contributed by atoms with Gasteiger partial charge in [-0.25, -0.2) is 5.48 Å². The molecule has 12 heavy (non-hydrogen) atoms. The van der Waals surface area contributed by atoms with E-state index in [1.54, 1.807) is 6.92 Å². The minimum Gasteiger partial charge on any atom is -0.466 e. The van der Waals surface area contributed by atoms with Crippen LogP contribution in [-0.4, -0.2) is 25.6 Å². The van der Waals surface area contributed by atoms with E-state index in [9.17, 15) is 4.79 Å². The maximum atomic E-state index is 9.82. The lowest BCUT2D eigenvalue weighted by molar-refractivity contribution is -0.140. The smallest absolute Gasteiger partial charge is 0.302 e. The Bertz CT molecular complexity index is 122. The van der Waals surface area contributed by atoms with Crippen LogP contribution < -0.4 is 11.2 Å². The molecule has 0 saturated heterocycles. The molecule has 0 aromatic carbocycles. The van der Waals surface area contributed by atoms with Gasteiger partial charge < -0.3 is 10.5 Å². The van der Waals surface area contributed by atoms with E-state index < -0.39 is 0 Å². The van der Waals surface area contributed by atoms with Gasteiger partial charge in [0.05, 0.1) is 13.7 Å². The van der Waals surface area contributed by atoms with Gasteiger partial charge in [0, 0.05) is 6.92 Å². The Morgan fingerprint density at radius 2 is 2.17 bits per heavy atom. The van der Waals surface area contributed by atoms with Crippen molar-refractivity contribution < 1.29 is 14.4 Å². The standard InChI is InChI=1S/C4H8O2.C2H7N3O/c1-3-6-4(2)5;1-6-5-2(3)4/h3H2,1-2H3;1H3,(H4,3,4,5). The average Bonchev–Trinajstić information content (AvgIpc) is 1.87. The number of nitrogens with one attached hydrogen (secondary N) is 2. The number of nitrogens with two attached hydrogens (primary N) is 1. The first kappa shape index (κ1) is 13.3. The Hall–Kier alpha value is -1.30. The lowest BCUT2D eigenvalue weighted by Gasteiger charge is -1.93. The molecule has 0 aliphatic carbocycles. The summed E-state index contributed by atoms with van der Waals surface area (Å²) in [4.78, 5) is 14.0. The molecule has 0 radical (unpaired) electrons. The van der Waals surface area contributed by atoms with E-state index in [1.165, 1.54) is 14.0 Å². The van der Waals surface area contributed by atoms with Crippen molar-refractivity contribution in [2.45, 2.75) is 13.8 Å². The highest BCUT2D eigenvalue weighted by Gasteiger charge is 1.81. The van der Waals surface area contributed by atoms with Crippen molar-refractivity contribution >= 4 is 11.9 Å². The molecule has 72 valence electrons. The van der Waals surface area contributed by atoms with E-state index in [-0.39, 0.29) is 11.9 Å². The van der Waals surface area contributed by atoms with Crippen LogP contribution in [0.1, 0.15) is 13.8 Å². The fourth-order valence-electron chi connectivity index (χ4n) is 0.313. The summed E-state index contributed by atoms with van der Waals surface area (Å²) in [5.41, 5.74) is 6.82. The van der Waals surface area contributed by atoms with Gasteiger partial charge in [0.2, 0.25) is 5.96 Å². The Balaban J connectivity index is 0. The molecule has 0 aliphatic heterocycles. The van der Waals surface area contributed by atoms with Crippen molar-refractivity contribution in [1.82, 2.24) is 5.48 Å². The summed E-state index contributed by atoms with van der Waals surface area (Å²) in [6, 6.07) is 0. The molecule has 0 atom stereocenters. The summed E-state index contributed by atoms with van der Waals surface area (Å²) in [5, 5.41) is 6.44. The SMILES string of the molecule is CCOC(C)=O.CONC(=N)N. The van der Waals surface area contributed by atoms with Gasteiger partial charge in [-0.15, -0.1) is 0 Å². The number of carbonyl (C=O) groups is 1. The number of esters is 1. The van der Waals surface area contributed by atoms with Crippen molar-refractivity contribution in [1.29, 1.82) is 5.41 Å². The van der Waals surface area contributed by atoms with E-state index in [1.807, 2.05) is 0 Å². The number of ether oxygens (including phenoxy) is 1. The van der Waals surface area contributed by atoms with Crippen molar-refractivity contribution in [2.75, 3.05) is 13.7 Å². The van der Waals surface area contributed by atoms with E-state index in [2.05, 4.69) is 15.1 Å². The van der Waals surface area contributed by atoms with Gasteiger partial charge in [0.25, 0.3) is 0 Å². The van der Waals surface area contributed by atoms with E-state index in [0.29, 0.717) is 6.61 Å². The largest absolute Gasteiger partial charge is 0.466 e. The zero-order chi connectivity index (χ0) is 9.98. The van der Waals surface area contributed by atoms with Crippen LogP contribution in [-0.2, 0) is 14.4 Å². The highest BCUT2D eigenvalue weighted by Crippen LogP contribution is 1.69. The second kappa shape index (κ2) is 9.70. The molecule has 0 aromatic heterocycles. The van der Waals surface area contributed by atoms with Gasteiger partial charge in [0.15, 0.2) is 0 Å². The van der Waals surface area contributed by atoms with Crippen LogP contribution in [0.25, 0.3) is 0 Å². The molecule has 6 nitrogen and oxygen atoms in total. The van der Waals surface area contributed by atoms with Crippen molar-refractivity contribution in [3.63, 3.8) is 0 Å². The van der Waals surface area contributed by atoms with E-state index in [4.69, 9.17) is 11.1 Å². The summed E-state index contributed by atoms with van der Waals surface area (Å²) in [7, 11) is 1.39. The molecule has 4 N–H and O–H groups in total. The molecule has 0 saturated carbocycles. The second-order valence-electron chi connectivity index (χ2n) is 1.64. The summed E-state index contributed by atoms with van der Waals surface area (Å²) in [6.07, 6.45) is 0. The number of hydrogen-bond donors (Lipinski definition) is 3. The van der Waals surface area contributed by atoms with Gasteiger partial charge in [-0.2, -0.15) is 0 Å². The number of guanidine groups is 1. The van der Waals surface area contributed by atoms with Crippen LogP contribution in [0.5, 0.6) is 0 Å². The van der Waals surface area contributed by atoms with Gasteiger partial charge in [0.1, 0.15) is 0 Å². The van der Waals surface area contributed by atoms with Gasteiger partial charge >= 0.3 is 5.97 Å². The molecule has 0 amide bonds. The number of rotatable bonds is 2. The summed E-state index contributed by atoms with van der Waals surface area (Å²) in [6.45, 7) is 3.65. The maximum absolute atomic E-state index is 9.82. The molecule has 0 aromatic rings. The van der Waals surface area contributed by atoms with Crippen LogP contribution in [0.15, 0.2) is 0 Å². The highest BCUT2D eigenvalue weighted by molar-refractivity contribution is 5.72. The Morgan fingerprint density at radius 1 is 1.67 bits per heavy atom. The first-order valence-corrected chi connectivity index (χ1v) is 3.31. The van der Waals surface area contributed by atoms with Gasteiger partial charge in [-0.05, 0) is 6.92 Å². The number of hydrogen-bond acceptors (Lipinski definition) is 4. The predicted octanol–water partition coefficient (Wildman–Crippen LogP) is -0.400. The quantitative estimate of drug-likeness (QED) is 0.231. The topological polar surface area (TPSA) is 97.4 Å². The fourth-order valence-corrected chi connectivity index (χ4v) is 0.313. The van der Waals surface area contributed by atoms with Crippen LogP contribution >= 0.6 is 0 Å². The average molecular weight is 177 g/mol. The third-order valence-electron chi connectivity index (χ3n) is 0.560. The fraction of sp³-hybridized carbons (Fsp3) is 0.667. The van der Waals surface area contributed by atoms with Crippen LogP contribution in [0, 0.1) is 5.41 Å². The van der Waals surface area contributed by atoms with E-state index >= 15 is 0 Å². The molecule has 0 spiro atoms. The molecule has 0 bridgehead atoms. The minimum absolute atomic E-state index is 0.183. The van der Waals surface area contributed by atoms with Crippen molar-refractivity contribution in [3.05, 3.63) is 0 Å². The molecule has 0 rings (SSSR count). The normalized spacial score (nSPS) is 7.58. The molecular formula is C6H15N3O3. The molecular weight excluding hydrogens is 162 g/mol. The molecule has 0 fully saturated rings. The first-order valence-electron chi connectivity index (χ1n) is 3.31.